The molecule has 2 heterocycles. The minimum Gasteiger partial charge on any atom is -0.481 e. The monoisotopic (exact) mass is 305 g/mol. The molecule has 0 aromatic heterocycles. The first-order chi connectivity index (χ1) is 9.39. The first kappa shape index (κ1) is 15.2. The van der Waals surface area contributed by atoms with Gasteiger partial charge in [0.25, 0.3) is 0 Å². The van der Waals surface area contributed by atoms with Crippen molar-refractivity contribution in [2.45, 2.75) is 25.3 Å². The molecule has 0 aliphatic carbocycles. The predicted octanol–water partition coefficient (Wildman–Crippen LogP) is -0.487. The Morgan fingerprint density at radius 3 is 2.50 bits per heavy atom. The van der Waals surface area contributed by atoms with Crippen molar-refractivity contribution in [3.05, 3.63) is 0 Å². The lowest BCUT2D eigenvalue weighted by Crippen LogP contribution is -2.54. The lowest BCUT2D eigenvalue weighted by atomic mass is 9.97. The Morgan fingerprint density at radius 2 is 1.90 bits per heavy atom. The third kappa shape index (κ3) is 3.69. The van der Waals surface area contributed by atoms with Crippen molar-refractivity contribution in [1.29, 1.82) is 0 Å². The van der Waals surface area contributed by atoms with Crippen LogP contribution in [0.25, 0.3) is 0 Å². The molecule has 1 unspecified atom stereocenters. The molecule has 0 saturated carbocycles. The van der Waals surface area contributed by atoms with E-state index < -0.39 is 21.8 Å². The summed E-state index contributed by atoms with van der Waals surface area (Å²) in [7, 11) is -3.26. The smallest absolute Gasteiger partial charge is 0.305 e. The van der Waals surface area contributed by atoms with Crippen LogP contribution in [0.5, 0.6) is 0 Å². The summed E-state index contributed by atoms with van der Waals surface area (Å²) in [5.74, 6) is -1.74. The molecule has 1 N–H and O–H groups in total. The predicted molar refractivity (Wildman–Crippen MR) is 70.0 cm³/mol. The van der Waals surface area contributed by atoms with Crippen LogP contribution >= 0.6 is 0 Å². The van der Waals surface area contributed by atoms with E-state index in [1.54, 1.807) is 0 Å². The zero-order valence-corrected chi connectivity index (χ0v) is 12.0. The van der Waals surface area contributed by atoms with Crippen molar-refractivity contribution in [2.24, 2.45) is 5.92 Å². The van der Waals surface area contributed by atoms with Crippen molar-refractivity contribution in [3.63, 3.8) is 0 Å². The summed E-state index contributed by atoms with van der Waals surface area (Å²) in [6, 6.07) is -0.749. The molecule has 0 spiro atoms. The van der Waals surface area contributed by atoms with Crippen LogP contribution in [0, 0.1) is 5.92 Å². The number of sulfone groups is 1. The second-order valence-electron chi connectivity index (χ2n) is 5.28. The molecule has 0 bridgehead atoms. The first-order valence-electron chi connectivity index (χ1n) is 6.69. The molecule has 2 fully saturated rings. The number of carboxylic acids is 1. The number of carboxylic acid groups (broad SMARTS) is 1. The van der Waals surface area contributed by atoms with Gasteiger partial charge in [-0.1, -0.05) is 0 Å². The van der Waals surface area contributed by atoms with Crippen molar-refractivity contribution in [3.8, 4) is 0 Å². The summed E-state index contributed by atoms with van der Waals surface area (Å²) < 4.78 is 28.5. The zero-order valence-electron chi connectivity index (χ0n) is 11.2. The number of amides is 1. The zero-order chi connectivity index (χ0) is 14.8. The number of nitrogens with zero attached hydrogens (tertiary/aromatic N) is 1. The average molecular weight is 305 g/mol. The van der Waals surface area contributed by atoms with Crippen molar-refractivity contribution < 1.29 is 27.9 Å². The summed E-state index contributed by atoms with van der Waals surface area (Å²) in [6.07, 6.45) is 0.901. The number of rotatable bonds is 3. The molecule has 114 valence electrons. The fourth-order valence-electron chi connectivity index (χ4n) is 2.73. The maximum atomic E-state index is 12.4. The SMILES string of the molecule is O=C(O)CC1CS(=O)(=O)CCN1C(=O)C1CCOCC1. The van der Waals surface area contributed by atoms with E-state index in [4.69, 9.17) is 9.84 Å². The Morgan fingerprint density at radius 1 is 1.25 bits per heavy atom. The van der Waals surface area contributed by atoms with Gasteiger partial charge in [-0.05, 0) is 12.8 Å². The highest BCUT2D eigenvalue weighted by Crippen LogP contribution is 2.23. The minimum absolute atomic E-state index is 0.0852. The number of carbonyl (C=O) groups is 2. The third-order valence-corrected chi connectivity index (χ3v) is 5.49. The van der Waals surface area contributed by atoms with Gasteiger partial charge in [0.1, 0.15) is 0 Å². The maximum Gasteiger partial charge on any atom is 0.305 e. The van der Waals surface area contributed by atoms with Crippen LogP contribution in [0.15, 0.2) is 0 Å². The van der Waals surface area contributed by atoms with Crippen molar-refractivity contribution >= 4 is 21.7 Å². The van der Waals surface area contributed by atoms with E-state index in [9.17, 15) is 18.0 Å². The summed E-state index contributed by atoms with van der Waals surface area (Å²) in [4.78, 5) is 24.8. The largest absolute Gasteiger partial charge is 0.481 e. The number of ether oxygens (including phenoxy) is 1. The van der Waals surface area contributed by atoms with E-state index in [1.807, 2.05) is 0 Å². The van der Waals surface area contributed by atoms with E-state index in [0.717, 1.165) is 0 Å². The molecule has 2 saturated heterocycles. The second-order valence-corrected chi connectivity index (χ2v) is 7.51. The number of aliphatic carboxylic acids is 1. The van der Waals surface area contributed by atoms with Crippen molar-refractivity contribution in [1.82, 2.24) is 4.90 Å². The number of hydrogen-bond donors (Lipinski definition) is 1. The molecule has 1 amide bonds. The van der Waals surface area contributed by atoms with Crippen LogP contribution in [0.1, 0.15) is 19.3 Å². The van der Waals surface area contributed by atoms with Gasteiger partial charge in [-0.2, -0.15) is 0 Å². The van der Waals surface area contributed by atoms with Crippen LogP contribution in [0.2, 0.25) is 0 Å². The van der Waals surface area contributed by atoms with E-state index in [-0.39, 0.29) is 36.3 Å². The van der Waals surface area contributed by atoms with Crippen LogP contribution in [-0.4, -0.2) is 67.6 Å². The van der Waals surface area contributed by atoms with Gasteiger partial charge in [0.05, 0.1) is 24.0 Å². The normalized spacial score (nSPS) is 27.2. The fourth-order valence-corrected chi connectivity index (χ4v) is 4.25. The molecule has 2 aliphatic heterocycles. The summed E-state index contributed by atoms with van der Waals surface area (Å²) >= 11 is 0. The molecule has 0 radical (unpaired) electrons. The highest BCUT2D eigenvalue weighted by Gasteiger charge is 2.38. The van der Waals surface area contributed by atoms with Gasteiger partial charge in [-0.15, -0.1) is 0 Å². The molecule has 7 nitrogen and oxygen atoms in total. The standard InChI is InChI=1S/C12H19NO6S/c14-11(15)7-10-8-20(17,18)6-3-13(10)12(16)9-1-4-19-5-2-9/h9-10H,1-8H2,(H,14,15). The Labute approximate surface area is 117 Å². The van der Waals surface area contributed by atoms with Crippen LogP contribution < -0.4 is 0 Å². The van der Waals surface area contributed by atoms with E-state index in [0.29, 0.717) is 26.1 Å². The Bertz CT molecular complexity index is 482. The van der Waals surface area contributed by atoms with E-state index in [1.165, 1.54) is 4.90 Å². The molecule has 8 heteroatoms. The molecule has 0 aromatic rings. The van der Waals surface area contributed by atoms with Crippen LogP contribution in [-0.2, 0) is 24.2 Å². The lowest BCUT2D eigenvalue weighted by Gasteiger charge is -2.37. The second kappa shape index (κ2) is 6.09. The number of carbonyl (C=O) groups excluding carboxylic acids is 1. The van der Waals surface area contributed by atoms with Gasteiger partial charge in [-0.25, -0.2) is 8.42 Å². The Kier molecular flexibility index (Phi) is 4.64. The highest BCUT2D eigenvalue weighted by molar-refractivity contribution is 7.91. The molecule has 20 heavy (non-hydrogen) atoms. The quantitative estimate of drug-likeness (QED) is 0.755. The van der Waals surface area contributed by atoms with Gasteiger partial charge in [0.2, 0.25) is 5.91 Å². The Balaban J connectivity index is 2.10. The fraction of sp³-hybridized carbons (Fsp3) is 0.833. The maximum absolute atomic E-state index is 12.4. The van der Waals surface area contributed by atoms with E-state index >= 15 is 0 Å². The number of hydrogen-bond acceptors (Lipinski definition) is 5. The molecular weight excluding hydrogens is 286 g/mol. The van der Waals surface area contributed by atoms with Crippen LogP contribution in [0.3, 0.4) is 0 Å². The molecular formula is C12H19NO6S. The molecule has 2 rings (SSSR count). The Hall–Kier alpha value is -1.15. The van der Waals surface area contributed by atoms with Gasteiger partial charge in [-0.3, -0.25) is 9.59 Å². The highest BCUT2D eigenvalue weighted by atomic mass is 32.2. The van der Waals surface area contributed by atoms with Crippen LogP contribution in [0.4, 0.5) is 0 Å². The van der Waals surface area contributed by atoms with Gasteiger partial charge in [0, 0.05) is 25.7 Å². The molecule has 1 atom stereocenters. The molecule has 2 aliphatic rings. The minimum atomic E-state index is -3.26. The molecule has 0 aromatic carbocycles. The average Bonchev–Trinajstić information content (AvgIpc) is 2.37. The summed E-state index contributed by atoms with van der Waals surface area (Å²) in [6.45, 7) is 1.13. The summed E-state index contributed by atoms with van der Waals surface area (Å²) in [5.41, 5.74) is 0. The third-order valence-electron chi connectivity index (χ3n) is 3.79. The first-order valence-corrected chi connectivity index (χ1v) is 8.51. The van der Waals surface area contributed by atoms with E-state index in [2.05, 4.69) is 0 Å². The lowest BCUT2D eigenvalue weighted by molar-refractivity contribution is -0.143. The van der Waals surface area contributed by atoms with Gasteiger partial charge in [0.15, 0.2) is 9.84 Å². The van der Waals surface area contributed by atoms with Crippen molar-refractivity contribution in [2.75, 3.05) is 31.3 Å². The summed E-state index contributed by atoms with van der Waals surface area (Å²) in [5, 5.41) is 8.89. The topological polar surface area (TPSA) is 101 Å². The van der Waals surface area contributed by atoms with Gasteiger partial charge >= 0.3 is 5.97 Å². The van der Waals surface area contributed by atoms with Gasteiger partial charge < -0.3 is 14.7 Å².